The minimum absolute atomic E-state index is 0.447. The van der Waals surface area contributed by atoms with Gasteiger partial charge in [-0.3, -0.25) is 0 Å². The molecule has 0 aromatic heterocycles. The van der Waals surface area contributed by atoms with E-state index in [2.05, 4.69) is 67.2 Å². The summed E-state index contributed by atoms with van der Waals surface area (Å²) in [4.78, 5) is 2.19. The SMILES string of the molecule is CN(C)C([Se]CNc1ccccc1)=[N+](C)C. The normalized spacial score (nSPS) is 9.75. The molecule has 0 heterocycles. The third kappa shape index (κ3) is 4.25. The van der Waals surface area contributed by atoms with Gasteiger partial charge in [-0.05, 0) is 0 Å². The zero-order valence-corrected chi connectivity index (χ0v) is 12.1. The monoisotopic (exact) mass is 286 g/mol. The first-order chi connectivity index (χ1) is 7.61. The first-order valence-corrected chi connectivity index (χ1v) is 7.31. The van der Waals surface area contributed by atoms with Crippen LogP contribution < -0.4 is 5.32 Å². The van der Waals surface area contributed by atoms with E-state index < -0.39 is 0 Å². The molecule has 0 aliphatic carbocycles. The Morgan fingerprint density at radius 2 is 1.88 bits per heavy atom. The van der Waals surface area contributed by atoms with Gasteiger partial charge in [0.05, 0.1) is 0 Å². The van der Waals surface area contributed by atoms with Gasteiger partial charge in [-0.2, -0.15) is 0 Å². The Balaban J connectivity index is 2.44. The van der Waals surface area contributed by atoms with Crippen LogP contribution >= 0.6 is 0 Å². The quantitative estimate of drug-likeness (QED) is 0.384. The summed E-state index contributed by atoms with van der Waals surface area (Å²) in [5.74, 6) is 0. The minimum atomic E-state index is 0.447. The molecule has 0 bridgehead atoms. The van der Waals surface area contributed by atoms with Crippen LogP contribution in [0.2, 0.25) is 0 Å². The fourth-order valence-corrected chi connectivity index (χ4v) is 3.25. The average molecular weight is 285 g/mol. The van der Waals surface area contributed by atoms with Crippen LogP contribution in [0.25, 0.3) is 0 Å². The summed E-state index contributed by atoms with van der Waals surface area (Å²) in [7, 11) is 8.39. The standard InChI is InChI=1S/C12H20N3Se/c1-14(2)12(15(3)4)16-10-13-11-8-6-5-7-9-11/h5-9,13H,10H2,1-4H3/q+1. The van der Waals surface area contributed by atoms with Crippen LogP contribution in [0, 0.1) is 0 Å². The van der Waals surface area contributed by atoms with Gasteiger partial charge in [-0.25, -0.2) is 0 Å². The maximum atomic E-state index is 3.44. The van der Waals surface area contributed by atoms with Gasteiger partial charge < -0.3 is 0 Å². The van der Waals surface area contributed by atoms with Gasteiger partial charge >= 0.3 is 104 Å². The van der Waals surface area contributed by atoms with E-state index in [0.29, 0.717) is 15.0 Å². The molecule has 0 saturated heterocycles. The van der Waals surface area contributed by atoms with E-state index in [1.807, 2.05) is 6.07 Å². The summed E-state index contributed by atoms with van der Waals surface area (Å²) in [6.45, 7) is 0. The van der Waals surface area contributed by atoms with Crippen LogP contribution in [0.4, 0.5) is 5.69 Å². The van der Waals surface area contributed by atoms with E-state index in [9.17, 15) is 0 Å². The summed E-state index contributed by atoms with van der Waals surface area (Å²) in [6.07, 6.45) is 0. The molecule has 1 aromatic rings. The Labute approximate surface area is 104 Å². The molecule has 0 aliphatic heterocycles. The van der Waals surface area contributed by atoms with E-state index in [1.165, 1.54) is 10.4 Å². The number of anilines is 1. The predicted octanol–water partition coefficient (Wildman–Crippen LogP) is 0.950. The number of hydrogen-bond donors (Lipinski definition) is 1. The Bertz CT molecular complexity index is 343. The molecule has 1 N–H and O–H groups in total. The molecular formula is C12H20N3Se+. The van der Waals surface area contributed by atoms with Crippen LogP contribution in [-0.2, 0) is 0 Å². The van der Waals surface area contributed by atoms with Crippen LogP contribution in [0.5, 0.6) is 0 Å². The van der Waals surface area contributed by atoms with E-state index >= 15 is 0 Å². The molecule has 0 saturated carbocycles. The molecule has 0 atom stereocenters. The number of benzene rings is 1. The first kappa shape index (κ1) is 13.1. The van der Waals surface area contributed by atoms with E-state index in [1.54, 1.807) is 0 Å². The van der Waals surface area contributed by atoms with Gasteiger partial charge in [0, 0.05) is 0 Å². The van der Waals surface area contributed by atoms with Crippen molar-refractivity contribution in [2.24, 2.45) is 0 Å². The Kier molecular flexibility index (Phi) is 5.36. The molecule has 3 nitrogen and oxygen atoms in total. The van der Waals surface area contributed by atoms with Crippen molar-refractivity contribution >= 4 is 25.4 Å². The van der Waals surface area contributed by atoms with E-state index in [0.717, 1.165) is 5.44 Å². The molecule has 0 unspecified atom stereocenters. The van der Waals surface area contributed by atoms with Crippen molar-refractivity contribution in [2.75, 3.05) is 39.0 Å². The van der Waals surface area contributed by atoms with Gasteiger partial charge in [0.25, 0.3) is 0 Å². The summed E-state index contributed by atoms with van der Waals surface area (Å²) < 4.78 is 3.57. The zero-order chi connectivity index (χ0) is 12.0. The molecule has 0 aliphatic rings. The van der Waals surface area contributed by atoms with Gasteiger partial charge in [-0.1, -0.05) is 0 Å². The summed E-state index contributed by atoms with van der Waals surface area (Å²) in [6, 6.07) is 10.3. The third-order valence-electron chi connectivity index (χ3n) is 2.02. The number of hydrogen-bond acceptors (Lipinski definition) is 1. The summed E-state index contributed by atoms with van der Waals surface area (Å²) in [5.41, 5.74) is 2.21. The molecule has 0 fully saturated rings. The van der Waals surface area contributed by atoms with Crippen molar-refractivity contribution in [3.05, 3.63) is 30.3 Å². The molecular weight excluding hydrogens is 265 g/mol. The molecule has 0 amide bonds. The van der Waals surface area contributed by atoms with Gasteiger partial charge in [-0.15, -0.1) is 0 Å². The Morgan fingerprint density at radius 3 is 2.38 bits per heavy atom. The second-order valence-electron chi connectivity index (χ2n) is 3.90. The van der Waals surface area contributed by atoms with Crippen molar-refractivity contribution in [1.29, 1.82) is 0 Å². The maximum absolute atomic E-state index is 3.44. The van der Waals surface area contributed by atoms with Gasteiger partial charge in [0.1, 0.15) is 0 Å². The number of para-hydroxylation sites is 1. The second-order valence-corrected chi connectivity index (χ2v) is 5.88. The van der Waals surface area contributed by atoms with Gasteiger partial charge in [0.15, 0.2) is 0 Å². The van der Waals surface area contributed by atoms with Crippen LogP contribution in [0.15, 0.2) is 30.3 Å². The summed E-state index contributed by atoms with van der Waals surface area (Å²) in [5, 5.41) is 3.44. The number of amidine groups is 1. The van der Waals surface area contributed by atoms with Crippen molar-refractivity contribution in [2.45, 2.75) is 0 Å². The fourth-order valence-electron chi connectivity index (χ4n) is 1.40. The van der Waals surface area contributed by atoms with Gasteiger partial charge in [0.2, 0.25) is 0 Å². The second kappa shape index (κ2) is 6.56. The van der Waals surface area contributed by atoms with Crippen molar-refractivity contribution in [3.63, 3.8) is 0 Å². The average Bonchev–Trinajstić information content (AvgIpc) is 2.24. The zero-order valence-electron chi connectivity index (χ0n) is 10.4. The Hall–Kier alpha value is -0.991. The van der Waals surface area contributed by atoms with Crippen LogP contribution in [0.3, 0.4) is 0 Å². The van der Waals surface area contributed by atoms with Crippen LogP contribution in [-0.4, -0.2) is 62.8 Å². The molecule has 1 rings (SSSR count). The predicted molar refractivity (Wildman–Crippen MR) is 71.5 cm³/mol. The van der Waals surface area contributed by atoms with Crippen LogP contribution in [0.1, 0.15) is 0 Å². The van der Waals surface area contributed by atoms with E-state index in [-0.39, 0.29) is 0 Å². The molecule has 4 heteroatoms. The van der Waals surface area contributed by atoms with E-state index in [4.69, 9.17) is 0 Å². The number of rotatable bonds is 4. The molecule has 0 radical (unpaired) electrons. The van der Waals surface area contributed by atoms with Crippen molar-refractivity contribution < 1.29 is 4.58 Å². The number of nitrogens with zero attached hydrogens (tertiary/aromatic N) is 2. The third-order valence-corrected chi connectivity index (χ3v) is 4.70. The fraction of sp³-hybridized carbons (Fsp3) is 0.417. The molecule has 1 aromatic carbocycles. The Morgan fingerprint density at radius 1 is 1.25 bits per heavy atom. The van der Waals surface area contributed by atoms with Crippen molar-refractivity contribution in [1.82, 2.24) is 4.90 Å². The number of nitrogens with one attached hydrogen (secondary N) is 1. The van der Waals surface area contributed by atoms with Crippen molar-refractivity contribution in [3.8, 4) is 0 Å². The topological polar surface area (TPSA) is 18.3 Å². The summed E-state index contributed by atoms with van der Waals surface area (Å²) >= 11 is 0.447. The first-order valence-electron chi connectivity index (χ1n) is 5.24. The molecule has 88 valence electrons. The molecule has 0 spiro atoms. The molecule has 16 heavy (non-hydrogen) atoms.